The van der Waals surface area contributed by atoms with E-state index in [9.17, 15) is 0 Å². The third kappa shape index (κ3) is 2.32. The molecule has 0 aliphatic heterocycles. The van der Waals surface area contributed by atoms with Gasteiger partial charge in [0, 0.05) is 4.47 Å². The first-order valence-electron chi connectivity index (χ1n) is 7.40. The molecule has 22 heavy (non-hydrogen) atoms. The maximum Gasteiger partial charge on any atom is 0.0184 e. The summed E-state index contributed by atoms with van der Waals surface area (Å²) < 4.78 is 1.13. The fourth-order valence-corrected chi connectivity index (χ4v) is 3.70. The van der Waals surface area contributed by atoms with Crippen molar-refractivity contribution >= 4 is 37.5 Å². The normalized spacial score (nSPS) is 11.2. The van der Waals surface area contributed by atoms with E-state index in [0.717, 1.165) is 4.47 Å². The van der Waals surface area contributed by atoms with Crippen LogP contribution in [0.3, 0.4) is 0 Å². The predicted octanol–water partition coefficient (Wildman–Crippen LogP) is 6.73. The van der Waals surface area contributed by atoms with Crippen molar-refractivity contribution in [3.63, 3.8) is 0 Å². The molecule has 0 heterocycles. The number of hydrogen-bond acceptors (Lipinski definition) is 0. The van der Waals surface area contributed by atoms with E-state index in [4.69, 9.17) is 0 Å². The standard InChI is InChI=1S/C21H15Br/c1-14-10-18(13-19(22)11-14)16-8-9-21-17(12-16)7-6-15-4-2-3-5-20(15)21/h2-13H,1H3. The van der Waals surface area contributed by atoms with Crippen molar-refractivity contribution in [1.82, 2.24) is 0 Å². The molecule has 4 rings (SSSR count). The third-order valence-corrected chi connectivity index (χ3v) is 4.58. The number of fused-ring (bicyclic) bond motifs is 3. The maximum atomic E-state index is 3.59. The van der Waals surface area contributed by atoms with Crippen molar-refractivity contribution in [3.05, 3.63) is 82.8 Å². The highest BCUT2D eigenvalue weighted by Gasteiger charge is 2.04. The fourth-order valence-electron chi connectivity index (χ4n) is 3.10. The van der Waals surface area contributed by atoms with Crippen LogP contribution in [0, 0.1) is 6.92 Å². The molecule has 0 aromatic heterocycles. The number of aryl methyl sites for hydroxylation is 1. The minimum Gasteiger partial charge on any atom is -0.0616 e. The van der Waals surface area contributed by atoms with Gasteiger partial charge in [-0.1, -0.05) is 70.5 Å². The average molecular weight is 347 g/mol. The van der Waals surface area contributed by atoms with E-state index in [1.54, 1.807) is 0 Å². The van der Waals surface area contributed by atoms with E-state index in [2.05, 4.69) is 95.7 Å². The van der Waals surface area contributed by atoms with E-state index in [1.165, 1.54) is 38.2 Å². The molecule has 1 heteroatoms. The van der Waals surface area contributed by atoms with Gasteiger partial charge in [0.2, 0.25) is 0 Å². The van der Waals surface area contributed by atoms with E-state index in [1.807, 2.05) is 0 Å². The molecular formula is C21H15Br. The minimum atomic E-state index is 1.13. The Morgan fingerprint density at radius 1 is 0.636 bits per heavy atom. The van der Waals surface area contributed by atoms with Crippen molar-refractivity contribution in [2.45, 2.75) is 6.92 Å². The Morgan fingerprint density at radius 3 is 2.27 bits per heavy atom. The average Bonchev–Trinajstić information content (AvgIpc) is 2.53. The molecule has 0 unspecified atom stereocenters. The Morgan fingerprint density at radius 2 is 1.41 bits per heavy atom. The van der Waals surface area contributed by atoms with Crippen LogP contribution >= 0.6 is 15.9 Å². The molecule has 0 nitrogen and oxygen atoms in total. The van der Waals surface area contributed by atoms with Crippen molar-refractivity contribution in [2.75, 3.05) is 0 Å². The van der Waals surface area contributed by atoms with Crippen LogP contribution in [0.5, 0.6) is 0 Å². The van der Waals surface area contributed by atoms with Gasteiger partial charge in [0.05, 0.1) is 0 Å². The molecule has 0 bridgehead atoms. The molecule has 0 N–H and O–H groups in total. The number of halogens is 1. The summed E-state index contributed by atoms with van der Waals surface area (Å²) in [5.41, 5.74) is 3.78. The lowest BCUT2D eigenvalue weighted by Crippen LogP contribution is -1.83. The first kappa shape index (κ1) is 13.5. The topological polar surface area (TPSA) is 0 Å². The number of hydrogen-bond donors (Lipinski definition) is 0. The lowest BCUT2D eigenvalue weighted by Gasteiger charge is -2.08. The van der Waals surface area contributed by atoms with Gasteiger partial charge in [0.1, 0.15) is 0 Å². The Labute approximate surface area is 138 Å². The Bertz CT molecular complexity index is 979. The van der Waals surface area contributed by atoms with Gasteiger partial charge < -0.3 is 0 Å². The van der Waals surface area contributed by atoms with Crippen molar-refractivity contribution in [3.8, 4) is 11.1 Å². The molecule has 0 aliphatic rings. The van der Waals surface area contributed by atoms with Crippen LogP contribution in [0.4, 0.5) is 0 Å². The van der Waals surface area contributed by atoms with Gasteiger partial charge in [-0.3, -0.25) is 0 Å². The zero-order valence-electron chi connectivity index (χ0n) is 12.3. The number of rotatable bonds is 1. The molecule has 4 aromatic carbocycles. The maximum absolute atomic E-state index is 3.59. The second-order valence-electron chi connectivity index (χ2n) is 5.74. The van der Waals surface area contributed by atoms with Gasteiger partial charge in [0.25, 0.3) is 0 Å². The third-order valence-electron chi connectivity index (χ3n) is 4.12. The largest absolute Gasteiger partial charge is 0.0616 e. The van der Waals surface area contributed by atoms with Gasteiger partial charge in [-0.05, 0) is 63.4 Å². The van der Waals surface area contributed by atoms with Crippen LogP contribution in [-0.4, -0.2) is 0 Å². The molecule has 106 valence electrons. The van der Waals surface area contributed by atoms with Crippen LogP contribution < -0.4 is 0 Å². The van der Waals surface area contributed by atoms with Gasteiger partial charge in [0.15, 0.2) is 0 Å². The molecule has 0 saturated heterocycles. The van der Waals surface area contributed by atoms with Crippen molar-refractivity contribution in [1.29, 1.82) is 0 Å². The van der Waals surface area contributed by atoms with Gasteiger partial charge >= 0.3 is 0 Å². The highest BCUT2D eigenvalue weighted by Crippen LogP contribution is 2.31. The first-order valence-corrected chi connectivity index (χ1v) is 8.19. The summed E-state index contributed by atoms with van der Waals surface area (Å²) in [6, 6.07) is 26.3. The first-order chi connectivity index (χ1) is 10.7. The highest BCUT2D eigenvalue weighted by atomic mass is 79.9. The molecule has 0 amide bonds. The smallest absolute Gasteiger partial charge is 0.0184 e. The quantitative estimate of drug-likeness (QED) is 0.335. The summed E-state index contributed by atoms with van der Waals surface area (Å²) in [7, 11) is 0. The fraction of sp³-hybridized carbons (Fsp3) is 0.0476. The molecular weight excluding hydrogens is 332 g/mol. The summed E-state index contributed by atoms with van der Waals surface area (Å²) in [6.07, 6.45) is 0. The summed E-state index contributed by atoms with van der Waals surface area (Å²) >= 11 is 3.59. The Kier molecular flexibility index (Phi) is 3.24. The molecule has 0 atom stereocenters. The van der Waals surface area contributed by atoms with Crippen LogP contribution in [-0.2, 0) is 0 Å². The number of benzene rings is 4. The molecule has 0 saturated carbocycles. The van der Waals surface area contributed by atoms with E-state index >= 15 is 0 Å². The van der Waals surface area contributed by atoms with E-state index in [0.29, 0.717) is 0 Å². The van der Waals surface area contributed by atoms with Crippen LogP contribution in [0.15, 0.2) is 77.3 Å². The summed E-state index contributed by atoms with van der Waals surface area (Å²) in [5.74, 6) is 0. The van der Waals surface area contributed by atoms with E-state index in [-0.39, 0.29) is 0 Å². The van der Waals surface area contributed by atoms with Crippen LogP contribution in [0.25, 0.3) is 32.7 Å². The van der Waals surface area contributed by atoms with E-state index < -0.39 is 0 Å². The molecule has 0 spiro atoms. The van der Waals surface area contributed by atoms with Gasteiger partial charge in [-0.25, -0.2) is 0 Å². The summed E-state index contributed by atoms with van der Waals surface area (Å²) in [4.78, 5) is 0. The SMILES string of the molecule is Cc1cc(Br)cc(-c2ccc3c(ccc4ccccc43)c2)c1. The zero-order chi connectivity index (χ0) is 15.1. The monoisotopic (exact) mass is 346 g/mol. The highest BCUT2D eigenvalue weighted by molar-refractivity contribution is 9.10. The second kappa shape index (κ2) is 5.26. The Hall–Kier alpha value is -2.12. The van der Waals surface area contributed by atoms with Crippen molar-refractivity contribution < 1.29 is 0 Å². The van der Waals surface area contributed by atoms with Gasteiger partial charge in [-0.15, -0.1) is 0 Å². The minimum absolute atomic E-state index is 1.13. The summed E-state index contributed by atoms with van der Waals surface area (Å²) in [6.45, 7) is 2.13. The second-order valence-corrected chi connectivity index (χ2v) is 6.66. The molecule has 0 aliphatic carbocycles. The zero-order valence-corrected chi connectivity index (χ0v) is 13.9. The lowest BCUT2D eigenvalue weighted by molar-refractivity contribution is 1.45. The lowest BCUT2D eigenvalue weighted by atomic mass is 9.97. The molecule has 0 radical (unpaired) electrons. The van der Waals surface area contributed by atoms with Crippen LogP contribution in [0.1, 0.15) is 5.56 Å². The molecule has 4 aromatic rings. The summed E-state index contributed by atoms with van der Waals surface area (Å²) in [5, 5.41) is 5.21. The Balaban J connectivity index is 1.96. The van der Waals surface area contributed by atoms with Crippen LogP contribution in [0.2, 0.25) is 0 Å². The van der Waals surface area contributed by atoms with Gasteiger partial charge in [-0.2, -0.15) is 0 Å². The predicted molar refractivity (Wildman–Crippen MR) is 99.3 cm³/mol. The van der Waals surface area contributed by atoms with Crippen molar-refractivity contribution in [2.24, 2.45) is 0 Å². The molecule has 0 fully saturated rings.